The molecule has 1 heterocycles. The molecule has 2 aromatic carbocycles. The van der Waals surface area contributed by atoms with Crippen LogP contribution < -0.4 is 10.6 Å². The lowest BCUT2D eigenvalue weighted by Gasteiger charge is -2.19. The van der Waals surface area contributed by atoms with Crippen LogP contribution in [0.2, 0.25) is 0 Å². The maximum absolute atomic E-state index is 13.1. The maximum atomic E-state index is 13.1. The van der Waals surface area contributed by atoms with Crippen molar-refractivity contribution in [1.82, 2.24) is 20.1 Å². The quantitative estimate of drug-likeness (QED) is 0.574. The number of halogens is 3. The zero-order valence-electron chi connectivity index (χ0n) is 18.4. The number of rotatable bonds is 6. The average Bonchev–Trinajstić information content (AvgIpc) is 3.27. The summed E-state index contributed by atoms with van der Waals surface area (Å²) in [5.74, 6) is -0.898. The molecule has 3 aromatic rings. The lowest BCUT2D eigenvalue weighted by molar-refractivity contribution is -0.137. The Labute approximate surface area is 189 Å². The number of nitrogens with one attached hydrogen (secondary N) is 2. The van der Waals surface area contributed by atoms with E-state index in [1.807, 2.05) is 12.1 Å². The summed E-state index contributed by atoms with van der Waals surface area (Å²) in [6.07, 6.45) is -2.16. The Morgan fingerprint density at radius 3 is 2.24 bits per heavy atom. The van der Waals surface area contributed by atoms with Crippen LogP contribution in [-0.4, -0.2) is 33.1 Å². The topological polar surface area (TPSA) is 88.9 Å². The first-order valence-electron chi connectivity index (χ1n) is 10.2. The molecule has 7 nitrogen and oxygen atoms in total. The number of benzene rings is 2. The van der Waals surface area contributed by atoms with Gasteiger partial charge in [0.2, 0.25) is 5.91 Å². The van der Waals surface area contributed by atoms with E-state index in [0.29, 0.717) is 5.56 Å². The summed E-state index contributed by atoms with van der Waals surface area (Å²) in [5, 5.41) is 9.02. The van der Waals surface area contributed by atoms with E-state index < -0.39 is 17.6 Å². The Kier molecular flexibility index (Phi) is 6.85. The summed E-state index contributed by atoms with van der Waals surface area (Å²) in [5.41, 5.74) is 0.758. The Balaban J connectivity index is 1.63. The van der Waals surface area contributed by atoms with Crippen LogP contribution in [0, 0.1) is 0 Å². The van der Waals surface area contributed by atoms with Gasteiger partial charge in [0.15, 0.2) is 0 Å². The molecule has 174 valence electrons. The van der Waals surface area contributed by atoms with Gasteiger partial charge >= 0.3 is 6.18 Å². The van der Waals surface area contributed by atoms with Gasteiger partial charge in [-0.15, -0.1) is 0 Å². The van der Waals surface area contributed by atoms with Gasteiger partial charge in [0.25, 0.3) is 5.91 Å². The summed E-state index contributed by atoms with van der Waals surface area (Å²) < 4.78 is 40.6. The maximum Gasteiger partial charge on any atom is 0.416 e. The third-order valence-electron chi connectivity index (χ3n) is 4.91. The van der Waals surface area contributed by atoms with Gasteiger partial charge in [-0.05, 0) is 41.3 Å². The first-order chi connectivity index (χ1) is 15.4. The zero-order valence-corrected chi connectivity index (χ0v) is 18.4. The highest BCUT2D eigenvalue weighted by molar-refractivity contribution is 5.96. The second-order valence-corrected chi connectivity index (χ2v) is 8.45. The van der Waals surface area contributed by atoms with Crippen molar-refractivity contribution in [2.24, 2.45) is 0 Å². The van der Waals surface area contributed by atoms with Crippen LogP contribution in [0.5, 0.6) is 0 Å². The van der Waals surface area contributed by atoms with Crippen LogP contribution in [0.4, 0.5) is 18.9 Å². The molecule has 0 saturated carbocycles. The van der Waals surface area contributed by atoms with Crippen molar-refractivity contribution in [3.05, 3.63) is 71.8 Å². The van der Waals surface area contributed by atoms with Gasteiger partial charge in [0.1, 0.15) is 12.7 Å². The van der Waals surface area contributed by atoms with Crippen molar-refractivity contribution < 1.29 is 22.8 Å². The molecule has 0 atom stereocenters. The molecule has 0 radical (unpaired) electrons. The molecule has 0 aliphatic rings. The monoisotopic (exact) mass is 459 g/mol. The summed E-state index contributed by atoms with van der Waals surface area (Å²) >= 11 is 0. The Hall–Kier alpha value is -3.69. The largest absolute Gasteiger partial charge is 0.416 e. The van der Waals surface area contributed by atoms with Gasteiger partial charge in [-0.1, -0.05) is 32.9 Å². The fourth-order valence-corrected chi connectivity index (χ4v) is 3.07. The van der Waals surface area contributed by atoms with E-state index in [4.69, 9.17) is 0 Å². The van der Waals surface area contributed by atoms with Crippen LogP contribution in [0.15, 0.2) is 55.1 Å². The fraction of sp³-hybridized carbons (Fsp3) is 0.304. The second kappa shape index (κ2) is 9.43. The van der Waals surface area contributed by atoms with E-state index >= 15 is 0 Å². The van der Waals surface area contributed by atoms with E-state index in [1.54, 1.807) is 12.1 Å². The molecule has 33 heavy (non-hydrogen) atoms. The van der Waals surface area contributed by atoms with Crippen molar-refractivity contribution in [3.63, 3.8) is 0 Å². The van der Waals surface area contributed by atoms with Gasteiger partial charge in [0.05, 0.1) is 16.9 Å². The smallest absolute Gasteiger partial charge is 0.352 e. The highest BCUT2D eigenvalue weighted by atomic mass is 19.4. The molecule has 2 N–H and O–H groups in total. The average molecular weight is 459 g/mol. The van der Waals surface area contributed by atoms with Crippen molar-refractivity contribution in [2.75, 3.05) is 11.9 Å². The van der Waals surface area contributed by atoms with Crippen molar-refractivity contribution in [2.45, 2.75) is 38.8 Å². The van der Waals surface area contributed by atoms with Crippen molar-refractivity contribution in [3.8, 4) is 5.69 Å². The molecule has 3 rings (SSSR count). The first-order valence-corrected chi connectivity index (χ1v) is 10.2. The summed E-state index contributed by atoms with van der Waals surface area (Å²) in [4.78, 5) is 28.5. The summed E-state index contributed by atoms with van der Waals surface area (Å²) in [6.45, 7) is 6.22. The van der Waals surface area contributed by atoms with Gasteiger partial charge < -0.3 is 10.6 Å². The molecule has 10 heteroatoms. The summed E-state index contributed by atoms with van der Waals surface area (Å²) in [6, 6.07) is 10.1. The van der Waals surface area contributed by atoms with E-state index in [-0.39, 0.29) is 35.7 Å². The summed E-state index contributed by atoms with van der Waals surface area (Å²) in [7, 11) is 0. The molecule has 2 amide bonds. The predicted octanol–water partition coefficient (Wildman–Crippen LogP) is 4.34. The van der Waals surface area contributed by atoms with Crippen molar-refractivity contribution >= 4 is 17.5 Å². The minimum Gasteiger partial charge on any atom is -0.352 e. The number of carbonyl (C=O) groups excluding carboxylic acids is 2. The molecule has 0 fully saturated rings. The molecular formula is C23H24F3N5O2. The third-order valence-corrected chi connectivity index (χ3v) is 4.91. The minimum absolute atomic E-state index is 0.0172. The molecule has 0 bridgehead atoms. The number of hydrogen-bond donors (Lipinski definition) is 2. The number of amides is 2. The third kappa shape index (κ3) is 6.18. The van der Waals surface area contributed by atoms with Crippen LogP contribution in [0.1, 0.15) is 48.7 Å². The number of anilines is 1. The van der Waals surface area contributed by atoms with Crippen molar-refractivity contribution in [1.29, 1.82) is 0 Å². The van der Waals surface area contributed by atoms with Gasteiger partial charge in [-0.2, -0.15) is 18.3 Å². The van der Waals surface area contributed by atoms with Gasteiger partial charge in [-0.25, -0.2) is 9.67 Å². The predicted molar refractivity (Wildman–Crippen MR) is 117 cm³/mol. The number of carbonyl (C=O) groups is 2. The molecule has 0 unspecified atom stereocenters. The van der Waals surface area contributed by atoms with Crippen LogP contribution >= 0.6 is 0 Å². The van der Waals surface area contributed by atoms with E-state index in [2.05, 4.69) is 41.5 Å². The first kappa shape index (κ1) is 24.0. The number of hydrogen-bond acceptors (Lipinski definition) is 4. The Morgan fingerprint density at radius 2 is 1.67 bits per heavy atom. The van der Waals surface area contributed by atoms with E-state index in [9.17, 15) is 22.8 Å². The van der Waals surface area contributed by atoms with Crippen LogP contribution in [0.25, 0.3) is 5.69 Å². The molecule has 1 aromatic heterocycles. The minimum atomic E-state index is -4.57. The fourth-order valence-electron chi connectivity index (χ4n) is 3.07. The van der Waals surface area contributed by atoms with Gasteiger partial charge in [0, 0.05) is 18.5 Å². The number of alkyl halides is 3. The molecule has 0 saturated heterocycles. The zero-order chi connectivity index (χ0) is 24.2. The molecule has 0 aliphatic carbocycles. The normalized spacial score (nSPS) is 11.8. The molecule has 0 spiro atoms. The number of nitrogens with zero attached hydrogens (tertiary/aromatic N) is 3. The highest BCUT2D eigenvalue weighted by Gasteiger charge is 2.31. The standard InChI is InChI=1S/C23H24F3N5O2/c1-22(2,3)16-6-4-15(5-7-16)21(33)28-11-10-20(32)30-18-12-17(23(24,25)26)8-9-19(18)31-14-27-13-29-31/h4-9,12-14H,10-11H2,1-3H3,(H,28,33)(H,30,32). The SMILES string of the molecule is CC(C)(C)c1ccc(C(=O)NCCC(=O)Nc2cc(C(F)(F)F)ccc2-n2cncn2)cc1. The van der Waals surface area contributed by atoms with Crippen LogP contribution in [0.3, 0.4) is 0 Å². The Morgan fingerprint density at radius 1 is 1.00 bits per heavy atom. The lowest BCUT2D eigenvalue weighted by Crippen LogP contribution is -2.28. The highest BCUT2D eigenvalue weighted by Crippen LogP contribution is 2.33. The number of aromatic nitrogens is 3. The second-order valence-electron chi connectivity index (χ2n) is 8.45. The van der Waals surface area contributed by atoms with E-state index in [0.717, 1.165) is 17.7 Å². The van der Waals surface area contributed by atoms with Gasteiger partial charge in [-0.3, -0.25) is 9.59 Å². The lowest BCUT2D eigenvalue weighted by atomic mass is 9.87. The molecular weight excluding hydrogens is 435 g/mol. The van der Waals surface area contributed by atoms with Crippen LogP contribution in [-0.2, 0) is 16.4 Å². The molecule has 0 aliphatic heterocycles. The van der Waals surface area contributed by atoms with E-state index in [1.165, 1.54) is 23.4 Å². The Bertz CT molecular complexity index is 1120.